The molecule has 1 aromatic heterocycles. The molecular formula is C46H29N5. The molecule has 2 unspecified atom stereocenters. The van der Waals surface area contributed by atoms with Crippen LogP contribution in [0.1, 0.15) is 29.2 Å². The van der Waals surface area contributed by atoms with Crippen molar-refractivity contribution in [3.05, 3.63) is 174 Å². The van der Waals surface area contributed by atoms with Crippen LogP contribution in [0.25, 0.3) is 49.7 Å². The Bertz CT molecular complexity index is 2780. The number of rotatable bonds is 4. The average Bonchev–Trinajstić information content (AvgIpc) is 3.66. The maximum absolute atomic E-state index is 10.5. The summed E-state index contributed by atoms with van der Waals surface area (Å²) < 4.78 is 2.18. The number of anilines is 2. The highest BCUT2D eigenvalue weighted by Crippen LogP contribution is 2.51. The maximum Gasteiger partial charge on any atom is 0.0998 e. The van der Waals surface area contributed by atoms with E-state index < -0.39 is 0 Å². The number of allylic oxidation sites excluding steroid dienone is 2. The lowest BCUT2D eigenvalue weighted by atomic mass is 9.76. The predicted octanol–water partition coefficient (Wildman–Crippen LogP) is 10.6. The van der Waals surface area contributed by atoms with Crippen LogP contribution in [0.15, 0.2) is 152 Å². The first-order valence-electron chi connectivity index (χ1n) is 16.9. The molecule has 2 atom stereocenters. The van der Waals surface area contributed by atoms with Gasteiger partial charge in [0.05, 0.1) is 57.7 Å². The van der Waals surface area contributed by atoms with Gasteiger partial charge in [0.1, 0.15) is 0 Å². The quantitative estimate of drug-likeness (QED) is 0.190. The molecule has 6 aromatic carbocycles. The van der Waals surface area contributed by atoms with Crippen LogP contribution in [0.3, 0.4) is 0 Å². The Morgan fingerprint density at radius 3 is 2.25 bits per heavy atom. The fraction of sp³-hybridized carbons (Fsp3) is 0.0652. The minimum absolute atomic E-state index is 0.109. The summed E-state index contributed by atoms with van der Waals surface area (Å²) in [7, 11) is 0. The third-order valence-electron chi connectivity index (χ3n) is 10.6. The lowest BCUT2D eigenvalue weighted by Crippen LogP contribution is -2.39. The Morgan fingerprint density at radius 2 is 1.39 bits per heavy atom. The fourth-order valence-corrected chi connectivity index (χ4v) is 8.20. The Morgan fingerprint density at radius 1 is 0.608 bits per heavy atom. The van der Waals surface area contributed by atoms with Gasteiger partial charge >= 0.3 is 0 Å². The summed E-state index contributed by atoms with van der Waals surface area (Å²) in [6.07, 6.45) is 8.82. The third kappa shape index (κ3) is 4.45. The molecule has 0 fully saturated rings. The average molecular weight is 652 g/mol. The van der Waals surface area contributed by atoms with Gasteiger partial charge in [-0.1, -0.05) is 85.0 Å². The first-order chi connectivity index (χ1) is 25.0. The summed E-state index contributed by atoms with van der Waals surface area (Å²) in [5, 5.41) is 32.5. The lowest BCUT2D eigenvalue weighted by molar-refractivity contribution is 0.551. The molecule has 2 heterocycles. The van der Waals surface area contributed by atoms with E-state index in [9.17, 15) is 15.8 Å². The second-order valence-corrected chi connectivity index (χ2v) is 13.3. The number of hydrogen-bond acceptors (Lipinski definition) is 4. The molecule has 0 radical (unpaired) electrons. The predicted molar refractivity (Wildman–Crippen MR) is 204 cm³/mol. The molecule has 2 aliphatic rings. The van der Waals surface area contributed by atoms with Gasteiger partial charge in [0.15, 0.2) is 0 Å². The van der Waals surface area contributed by atoms with Gasteiger partial charge in [-0.15, -0.1) is 0 Å². The molecule has 5 nitrogen and oxygen atoms in total. The minimum atomic E-state index is -0.167. The van der Waals surface area contributed by atoms with E-state index in [1.54, 1.807) is 0 Å². The molecule has 0 bridgehead atoms. The standard InChI is InChI=1S/C46H29N5/c1-46-23-7-6-18-44(46)50(42-16-5-3-14-39(42)46)35-12-8-10-31(25-35)37-26-32(20-21-33(37)28-48)45-34(29-49)11-9-17-43(45)51-40-15-4-2-13-36(40)38-24-30(27-47)19-22-41(38)51/h2-26,44H,1H3. The van der Waals surface area contributed by atoms with Gasteiger partial charge in [-0.05, 0) is 90.3 Å². The van der Waals surface area contributed by atoms with Crippen LogP contribution in [0.5, 0.6) is 0 Å². The number of hydrogen-bond donors (Lipinski definition) is 0. The van der Waals surface area contributed by atoms with Gasteiger partial charge in [0.25, 0.3) is 0 Å². The van der Waals surface area contributed by atoms with Crippen LogP contribution in [-0.4, -0.2) is 10.6 Å². The van der Waals surface area contributed by atoms with E-state index in [1.807, 2.05) is 66.7 Å². The van der Waals surface area contributed by atoms with Gasteiger partial charge in [0, 0.05) is 38.7 Å². The zero-order valence-electron chi connectivity index (χ0n) is 27.7. The lowest BCUT2D eigenvalue weighted by Gasteiger charge is -2.34. The first kappa shape index (κ1) is 30.0. The normalized spacial score (nSPS) is 17.1. The van der Waals surface area contributed by atoms with Gasteiger partial charge in [-0.2, -0.15) is 15.8 Å². The largest absolute Gasteiger partial charge is 0.333 e. The zero-order chi connectivity index (χ0) is 34.7. The van der Waals surface area contributed by atoms with Crippen LogP contribution in [-0.2, 0) is 5.41 Å². The summed E-state index contributed by atoms with van der Waals surface area (Å²) in [5.41, 5.74) is 11.1. The van der Waals surface area contributed by atoms with E-state index >= 15 is 0 Å². The fourth-order valence-electron chi connectivity index (χ4n) is 8.20. The summed E-state index contributed by atoms with van der Waals surface area (Å²) in [6, 6.07) is 49.8. The number of nitriles is 3. The highest BCUT2D eigenvalue weighted by atomic mass is 15.2. The Labute approximate surface area is 296 Å². The van der Waals surface area contributed by atoms with Crippen molar-refractivity contribution in [3.63, 3.8) is 0 Å². The second-order valence-electron chi connectivity index (χ2n) is 13.3. The van der Waals surface area contributed by atoms with E-state index in [2.05, 4.69) is 120 Å². The molecular weight excluding hydrogens is 623 g/mol. The van der Waals surface area contributed by atoms with Crippen molar-refractivity contribution in [2.45, 2.75) is 18.4 Å². The molecule has 9 rings (SSSR count). The molecule has 238 valence electrons. The van der Waals surface area contributed by atoms with Gasteiger partial charge < -0.3 is 9.47 Å². The topological polar surface area (TPSA) is 79.5 Å². The maximum atomic E-state index is 10.5. The van der Waals surface area contributed by atoms with Gasteiger partial charge in [0.2, 0.25) is 0 Å². The highest BCUT2D eigenvalue weighted by Gasteiger charge is 2.46. The highest BCUT2D eigenvalue weighted by molar-refractivity contribution is 6.10. The molecule has 0 amide bonds. The molecule has 1 aliphatic carbocycles. The smallest absolute Gasteiger partial charge is 0.0998 e. The first-order valence-corrected chi connectivity index (χ1v) is 16.9. The molecule has 0 saturated heterocycles. The van der Waals surface area contributed by atoms with Crippen molar-refractivity contribution < 1.29 is 0 Å². The summed E-state index contributed by atoms with van der Waals surface area (Å²) in [4.78, 5) is 2.40. The Kier molecular flexibility index (Phi) is 6.75. The number of fused-ring (bicyclic) bond motifs is 6. The molecule has 0 N–H and O–H groups in total. The van der Waals surface area contributed by atoms with E-state index in [0.29, 0.717) is 16.7 Å². The van der Waals surface area contributed by atoms with Crippen molar-refractivity contribution >= 4 is 33.2 Å². The van der Waals surface area contributed by atoms with Crippen molar-refractivity contribution in [2.24, 2.45) is 0 Å². The van der Waals surface area contributed by atoms with Crippen LogP contribution in [0.2, 0.25) is 0 Å². The number of aromatic nitrogens is 1. The second kappa shape index (κ2) is 11.5. The molecule has 51 heavy (non-hydrogen) atoms. The summed E-state index contributed by atoms with van der Waals surface area (Å²) >= 11 is 0. The van der Waals surface area contributed by atoms with Gasteiger partial charge in [-0.25, -0.2) is 0 Å². The van der Waals surface area contributed by atoms with E-state index in [1.165, 1.54) is 11.3 Å². The van der Waals surface area contributed by atoms with E-state index in [-0.39, 0.29) is 11.5 Å². The van der Waals surface area contributed by atoms with Crippen LogP contribution < -0.4 is 4.90 Å². The summed E-state index contributed by atoms with van der Waals surface area (Å²) in [6.45, 7) is 2.29. The van der Waals surface area contributed by atoms with Crippen LogP contribution in [0, 0.1) is 34.0 Å². The van der Waals surface area contributed by atoms with Crippen molar-refractivity contribution in [3.8, 4) is 46.1 Å². The van der Waals surface area contributed by atoms with Gasteiger partial charge in [-0.3, -0.25) is 0 Å². The number of nitrogens with zero attached hydrogens (tertiary/aromatic N) is 5. The van der Waals surface area contributed by atoms with E-state index in [0.717, 1.165) is 55.4 Å². The minimum Gasteiger partial charge on any atom is -0.333 e. The van der Waals surface area contributed by atoms with E-state index in [4.69, 9.17) is 0 Å². The Balaban J connectivity index is 1.23. The molecule has 7 aromatic rings. The molecule has 0 spiro atoms. The Hall–Kier alpha value is -7.13. The third-order valence-corrected chi connectivity index (χ3v) is 10.6. The van der Waals surface area contributed by atoms with Crippen LogP contribution >= 0.6 is 0 Å². The molecule has 1 aliphatic heterocycles. The molecule has 5 heteroatoms. The van der Waals surface area contributed by atoms with Crippen LogP contribution in [0.4, 0.5) is 11.4 Å². The number of benzene rings is 6. The monoisotopic (exact) mass is 651 g/mol. The summed E-state index contributed by atoms with van der Waals surface area (Å²) in [5.74, 6) is 0. The number of para-hydroxylation sites is 2. The SMILES string of the molecule is CC12C=CC=CC1N(c1cccc(-c3cc(-c4c(C#N)cccc4-n4c5ccccc5c5cc(C#N)ccc54)ccc3C#N)c1)c1ccccc12. The van der Waals surface area contributed by atoms with Crippen molar-refractivity contribution in [1.82, 2.24) is 4.57 Å². The molecule has 0 saturated carbocycles. The van der Waals surface area contributed by atoms with Crippen molar-refractivity contribution in [2.75, 3.05) is 4.90 Å². The zero-order valence-corrected chi connectivity index (χ0v) is 27.7. The van der Waals surface area contributed by atoms with Crippen molar-refractivity contribution in [1.29, 1.82) is 15.8 Å².